The maximum absolute atomic E-state index is 11.7. The zero-order valence-electron chi connectivity index (χ0n) is 10.1. The van der Waals surface area contributed by atoms with Gasteiger partial charge in [-0.15, -0.1) is 0 Å². The van der Waals surface area contributed by atoms with E-state index >= 15 is 0 Å². The molecule has 0 unspecified atom stereocenters. The van der Waals surface area contributed by atoms with Crippen LogP contribution < -0.4 is 0 Å². The summed E-state index contributed by atoms with van der Waals surface area (Å²) in [5, 5.41) is 6.47. The van der Waals surface area contributed by atoms with Gasteiger partial charge in [0.05, 0.1) is 19.2 Å². The molecule has 1 aromatic rings. The molecule has 17 heavy (non-hydrogen) atoms. The first kappa shape index (κ1) is 13.2. The van der Waals surface area contributed by atoms with Crippen molar-refractivity contribution in [3.63, 3.8) is 0 Å². The van der Waals surface area contributed by atoms with Crippen LogP contribution in [0.2, 0.25) is 0 Å². The molecule has 0 saturated carbocycles. The van der Waals surface area contributed by atoms with Gasteiger partial charge in [-0.3, -0.25) is 14.7 Å². The number of aromatic amines is 1. The summed E-state index contributed by atoms with van der Waals surface area (Å²) in [4.78, 5) is 24.3. The normalized spacial score (nSPS) is 10.0. The number of esters is 1. The molecule has 0 aliphatic carbocycles. The highest BCUT2D eigenvalue weighted by Gasteiger charge is 2.12. The second-order valence-corrected chi connectivity index (χ2v) is 3.66. The molecule has 6 heteroatoms. The Kier molecular flexibility index (Phi) is 5.19. The van der Waals surface area contributed by atoms with Crippen LogP contribution in [0, 0.1) is 0 Å². The number of amides is 1. The molecule has 0 atom stereocenters. The number of nitrogens with one attached hydrogen (secondary N) is 1. The number of hydrogen-bond acceptors (Lipinski definition) is 4. The maximum Gasteiger partial charge on any atom is 0.306 e. The minimum absolute atomic E-state index is 0.0840. The van der Waals surface area contributed by atoms with E-state index in [0.717, 1.165) is 5.56 Å². The molecule has 1 heterocycles. The molecule has 0 aliphatic heterocycles. The van der Waals surface area contributed by atoms with E-state index in [1.165, 1.54) is 0 Å². The Bertz CT molecular complexity index is 362. The zero-order valence-corrected chi connectivity index (χ0v) is 10.1. The number of aromatic nitrogens is 2. The number of ether oxygens (including phenoxy) is 1. The number of nitrogens with zero attached hydrogens (tertiary/aromatic N) is 2. The quantitative estimate of drug-likeness (QED) is 0.742. The summed E-state index contributed by atoms with van der Waals surface area (Å²) in [6, 6.07) is 0. The summed E-state index contributed by atoms with van der Waals surface area (Å²) in [6.45, 7) is 2.57. The van der Waals surface area contributed by atoms with Crippen molar-refractivity contribution in [1.82, 2.24) is 15.1 Å². The van der Waals surface area contributed by atoms with Crippen molar-refractivity contribution < 1.29 is 14.3 Å². The molecule has 94 valence electrons. The molecular weight excluding hydrogens is 222 g/mol. The largest absolute Gasteiger partial charge is 0.466 e. The fourth-order valence-electron chi connectivity index (χ4n) is 1.36. The SMILES string of the molecule is CCOC(=O)CCC(=O)N(C)Cc1cn[nH]c1. The summed E-state index contributed by atoms with van der Waals surface area (Å²) in [5.41, 5.74) is 0.928. The molecule has 6 nitrogen and oxygen atoms in total. The van der Waals surface area contributed by atoms with Gasteiger partial charge in [0.1, 0.15) is 0 Å². The molecule has 1 aromatic heterocycles. The van der Waals surface area contributed by atoms with Gasteiger partial charge in [-0.05, 0) is 6.92 Å². The summed E-state index contributed by atoms with van der Waals surface area (Å²) < 4.78 is 4.75. The second kappa shape index (κ2) is 6.67. The fraction of sp³-hybridized carbons (Fsp3) is 0.545. The van der Waals surface area contributed by atoms with Crippen LogP contribution in [0.15, 0.2) is 12.4 Å². The van der Waals surface area contributed by atoms with Gasteiger partial charge in [0, 0.05) is 31.8 Å². The molecule has 0 spiro atoms. The second-order valence-electron chi connectivity index (χ2n) is 3.66. The van der Waals surface area contributed by atoms with Crippen LogP contribution in [-0.2, 0) is 20.9 Å². The van der Waals surface area contributed by atoms with E-state index in [1.807, 2.05) is 0 Å². The fourth-order valence-corrected chi connectivity index (χ4v) is 1.36. The smallest absolute Gasteiger partial charge is 0.306 e. The number of carbonyl (C=O) groups excluding carboxylic acids is 2. The van der Waals surface area contributed by atoms with Crippen molar-refractivity contribution in [2.24, 2.45) is 0 Å². The lowest BCUT2D eigenvalue weighted by atomic mass is 10.2. The van der Waals surface area contributed by atoms with Gasteiger partial charge in [0.25, 0.3) is 0 Å². The Morgan fingerprint density at radius 3 is 2.82 bits per heavy atom. The van der Waals surface area contributed by atoms with Crippen molar-refractivity contribution >= 4 is 11.9 Å². The highest BCUT2D eigenvalue weighted by molar-refractivity contribution is 5.81. The molecule has 1 N–H and O–H groups in total. The van der Waals surface area contributed by atoms with E-state index in [4.69, 9.17) is 4.74 Å². The predicted molar refractivity (Wildman–Crippen MR) is 60.9 cm³/mol. The van der Waals surface area contributed by atoms with Gasteiger partial charge in [-0.1, -0.05) is 0 Å². The third-order valence-electron chi connectivity index (χ3n) is 2.25. The van der Waals surface area contributed by atoms with Crippen molar-refractivity contribution in [2.75, 3.05) is 13.7 Å². The molecule has 0 fully saturated rings. The summed E-state index contributed by atoms with van der Waals surface area (Å²) in [7, 11) is 1.69. The average Bonchev–Trinajstić information content (AvgIpc) is 2.79. The van der Waals surface area contributed by atoms with Crippen LogP contribution in [0.5, 0.6) is 0 Å². The Balaban J connectivity index is 2.29. The Morgan fingerprint density at radius 2 is 2.24 bits per heavy atom. The number of rotatable bonds is 6. The predicted octanol–water partition coefficient (Wildman–Crippen LogP) is 0.711. The van der Waals surface area contributed by atoms with Gasteiger partial charge in [0.15, 0.2) is 0 Å². The molecule has 1 rings (SSSR count). The Hall–Kier alpha value is -1.85. The van der Waals surface area contributed by atoms with Crippen molar-refractivity contribution in [2.45, 2.75) is 26.3 Å². The Labute approximate surface area is 99.9 Å². The van der Waals surface area contributed by atoms with E-state index in [2.05, 4.69) is 10.2 Å². The molecule has 0 aromatic carbocycles. The molecule has 1 amide bonds. The molecular formula is C11H17N3O3. The van der Waals surface area contributed by atoms with Crippen LogP contribution in [-0.4, -0.2) is 40.6 Å². The Morgan fingerprint density at radius 1 is 1.47 bits per heavy atom. The first-order valence-corrected chi connectivity index (χ1v) is 5.50. The first-order valence-electron chi connectivity index (χ1n) is 5.50. The monoisotopic (exact) mass is 239 g/mol. The highest BCUT2D eigenvalue weighted by atomic mass is 16.5. The van der Waals surface area contributed by atoms with Crippen LogP contribution in [0.3, 0.4) is 0 Å². The van der Waals surface area contributed by atoms with Crippen LogP contribution in [0.25, 0.3) is 0 Å². The van der Waals surface area contributed by atoms with Crippen LogP contribution >= 0.6 is 0 Å². The van der Waals surface area contributed by atoms with Crippen LogP contribution in [0.1, 0.15) is 25.3 Å². The van der Waals surface area contributed by atoms with Gasteiger partial charge in [0.2, 0.25) is 5.91 Å². The third kappa shape index (κ3) is 4.67. The average molecular weight is 239 g/mol. The highest BCUT2D eigenvalue weighted by Crippen LogP contribution is 2.03. The van der Waals surface area contributed by atoms with Gasteiger partial charge >= 0.3 is 5.97 Å². The van der Waals surface area contributed by atoms with Crippen LogP contribution in [0.4, 0.5) is 0 Å². The van der Waals surface area contributed by atoms with Crippen molar-refractivity contribution in [3.8, 4) is 0 Å². The number of H-pyrrole nitrogens is 1. The lowest BCUT2D eigenvalue weighted by molar-refractivity contribution is -0.145. The molecule has 0 saturated heterocycles. The summed E-state index contributed by atoms with van der Waals surface area (Å²) in [6.07, 6.45) is 3.69. The van der Waals surface area contributed by atoms with E-state index in [1.54, 1.807) is 31.3 Å². The van der Waals surface area contributed by atoms with E-state index in [0.29, 0.717) is 13.2 Å². The standard InChI is InChI=1S/C11H17N3O3/c1-3-17-11(16)5-4-10(15)14(2)8-9-6-12-13-7-9/h6-7H,3-5,8H2,1-2H3,(H,12,13). The molecule has 0 aliphatic rings. The van der Waals surface area contributed by atoms with Gasteiger partial charge in [-0.2, -0.15) is 5.10 Å². The van der Waals surface area contributed by atoms with E-state index < -0.39 is 0 Å². The minimum Gasteiger partial charge on any atom is -0.466 e. The topological polar surface area (TPSA) is 75.3 Å². The minimum atomic E-state index is -0.336. The number of carbonyl (C=O) groups is 2. The van der Waals surface area contributed by atoms with Crippen molar-refractivity contribution in [3.05, 3.63) is 18.0 Å². The van der Waals surface area contributed by atoms with Crippen molar-refractivity contribution in [1.29, 1.82) is 0 Å². The molecule has 0 bridgehead atoms. The van der Waals surface area contributed by atoms with Gasteiger partial charge in [-0.25, -0.2) is 0 Å². The van der Waals surface area contributed by atoms with E-state index in [9.17, 15) is 9.59 Å². The zero-order chi connectivity index (χ0) is 12.7. The summed E-state index contributed by atoms with van der Waals surface area (Å²) >= 11 is 0. The maximum atomic E-state index is 11.7. The van der Waals surface area contributed by atoms with Gasteiger partial charge < -0.3 is 9.64 Å². The first-order chi connectivity index (χ1) is 8.13. The lowest BCUT2D eigenvalue weighted by Crippen LogP contribution is -2.26. The van der Waals surface area contributed by atoms with E-state index in [-0.39, 0.29) is 24.7 Å². The number of hydrogen-bond donors (Lipinski definition) is 1. The third-order valence-corrected chi connectivity index (χ3v) is 2.25. The summed E-state index contributed by atoms with van der Waals surface area (Å²) in [5.74, 6) is -0.420. The lowest BCUT2D eigenvalue weighted by Gasteiger charge is -2.15. The molecule has 0 radical (unpaired) electrons.